The zero-order chi connectivity index (χ0) is 17.1. The molecule has 0 saturated carbocycles. The summed E-state index contributed by atoms with van der Waals surface area (Å²) in [5, 5.41) is 0. The minimum absolute atomic E-state index is 0.791. The van der Waals surface area contributed by atoms with Crippen LogP contribution in [0.25, 0.3) is 6.08 Å². The molecule has 0 aliphatic rings. The summed E-state index contributed by atoms with van der Waals surface area (Å²) in [5.74, 6) is 0. The number of hydrogen-bond donors (Lipinski definition) is 1. The molecule has 0 fully saturated rings. The van der Waals surface area contributed by atoms with Gasteiger partial charge in [0.05, 0.1) is 0 Å². The summed E-state index contributed by atoms with van der Waals surface area (Å²) in [6.45, 7) is 5.07. The molecule has 5 nitrogen and oxygen atoms in total. The van der Waals surface area contributed by atoms with Gasteiger partial charge in [-0.2, -0.15) is 0 Å². The number of nitrogens with zero attached hydrogens (tertiary/aromatic N) is 1. The first kappa shape index (κ1) is 19.9. The largest absolute Gasteiger partial charge is 0.500 e. The lowest BCUT2D eigenvalue weighted by atomic mass is 10.2. The average molecular weight is 339 g/mol. The minimum Gasteiger partial charge on any atom is -0.399 e. The quantitative estimate of drug-likeness (QED) is 0.497. The molecule has 23 heavy (non-hydrogen) atoms. The predicted molar refractivity (Wildman–Crippen MR) is 98.2 cm³/mol. The summed E-state index contributed by atoms with van der Waals surface area (Å²) in [7, 11) is 2.53. The first-order chi connectivity index (χ1) is 11.1. The number of hydrogen-bond acceptors (Lipinski definition) is 5. The van der Waals surface area contributed by atoms with Gasteiger partial charge in [-0.25, -0.2) is 0 Å². The molecule has 0 atom stereocenters. The zero-order valence-corrected chi connectivity index (χ0v) is 15.7. The van der Waals surface area contributed by atoms with Crippen LogP contribution in [0.3, 0.4) is 0 Å². The Labute approximate surface area is 141 Å². The van der Waals surface area contributed by atoms with Gasteiger partial charge in [0.2, 0.25) is 0 Å². The van der Waals surface area contributed by atoms with Crippen molar-refractivity contribution in [2.75, 3.05) is 46.7 Å². The second-order valence-electron chi connectivity index (χ2n) is 5.36. The Bertz CT molecular complexity index is 470. The molecule has 6 heteroatoms. The third-order valence-corrected chi connectivity index (χ3v) is 6.75. The molecule has 1 rings (SSSR count). The van der Waals surface area contributed by atoms with Crippen molar-refractivity contribution in [3.05, 3.63) is 35.9 Å². The highest BCUT2D eigenvalue weighted by molar-refractivity contribution is 6.60. The van der Waals surface area contributed by atoms with Crippen LogP contribution >= 0.6 is 0 Å². The summed E-state index contributed by atoms with van der Waals surface area (Å²) in [4.78, 5) is 2.38. The highest BCUT2D eigenvalue weighted by atomic mass is 28.4. The molecule has 130 valence electrons. The highest BCUT2D eigenvalue weighted by Crippen LogP contribution is 2.15. The first-order valence-electron chi connectivity index (χ1n) is 7.99. The summed E-state index contributed by atoms with van der Waals surface area (Å²) >= 11 is 0. The summed E-state index contributed by atoms with van der Waals surface area (Å²) in [6.07, 6.45) is 5.27. The fourth-order valence-corrected chi connectivity index (χ4v) is 4.16. The van der Waals surface area contributed by atoms with Crippen molar-refractivity contribution in [3.63, 3.8) is 0 Å². The Morgan fingerprint density at radius 2 is 1.87 bits per heavy atom. The number of nitrogen functional groups attached to an aromatic ring is 1. The Morgan fingerprint density at radius 3 is 2.43 bits per heavy atom. The summed E-state index contributed by atoms with van der Waals surface area (Å²) in [6, 6.07) is 8.72. The number of benzene rings is 1. The maximum absolute atomic E-state index is 5.79. The monoisotopic (exact) mass is 338 g/mol. The molecular weight excluding hydrogens is 308 g/mol. The molecular formula is C17H30N2O3Si. The van der Waals surface area contributed by atoms with Crippen molar-refractivity contribution in [1.82, 2.24) is 4.90 Å². The van der Waals surface area contributed by atoms with E-state index in [1.165, 1.54) is 0 Å². The molecule has 0 spiro atoms. The summed E-state index contributed by atoms with van der Waals surface area (Å²) < 4.78 is 16.4. The molecule has 0 aliphatic carbocycles. The van der Waals surface area contributed by atoms with E-state index in [1.807, 2.05) is 18.2 Å². The number of likely N-dealkylation sites (N-methyl/N-ethyl adjacent to an activating group) is 1. The molecule has 0 aromatic heterocycles. The molecule has 0 radical (unpaired) electrons. The maximum atomic E-state index is 5.79. The van der Waals surface area contributed by atoms with Crippen molar-refractivity contribution in [1.29, 1.82) is 0 Å². The van der Waals surface area contributed by atoms with E-state index < -0.39 is 8.80 Å². The predicted octanol–water partition coefficient (Wildman–Crippen LogP) is 2.87. The second kappa shape index (κ2) is 10.6. The van der Waals surface area contributed by atoms with Crippen molar-refractivity contribution >= 4 is 20.6 Å². The lowest BCUT2D eigenvalue weighted by molar-refractivity contribution is 0.121. The van der Waals surface area contributed by atoms with Crippen LogP contribution in [0.4, 0.5) is 5.69 Å². The summed E-state index contributed by atoms with van der Waals surface area (Å²) in [5.41, 5.74) is 7.71. The molecule has 1 aromatic carbocycles. The van der Waals surface area contributed by atoms with Gasteiger partial charge in [-0.3, -0.25) is 4.90 Å². The zero-order valence-electron chi connectivity index (χ0n) is 14.7. The molecule has 0 aliphatic heterocycles. The van der Waals surface area contributed by atoms with E-state index in [1.54, 1.807) is 21.3 Å². The lowest BCUT2D eigenvalue weighted by Gasteiger charge is -2.26. The van der Waals surface area contributed by atoms with E-state index in [2.05, 4.69) is 30.0 Å². The molecule has 0 amide bonds. The van der Waals surface area contributed by atoms with Gasteiger partial charge in [-0.1, -0.05) is 31.2 Å². The van der Waals surface area contributed by atoms with Crippen LogP contribution in [0.1, 0.15) is 18.9 Å². The van der Waals surface area contributed by atoms with Crippen LogP contribution in [0, 0.1) is 0 Å². The van der Waals surface area contributed by atoms with Crippen molar-refractivity contribution in [2.45, 2.75) is 19.4 Å². The third-order valence-electron chi connectivity index (χ3n) is 3.92. The van der Waals surface area contributed by atoms with Crippen molar-refractivity contribution < 1.29 is 13.3 Å². The lowest BCUT2D eigenvalue weighted by Crippen LogP contribution is -2.43. The van der Waals surface area contributed by atoms with Crippen molar-refractivity contribution in [2.24, 2.45) is 0 Å². The highest BCUT2D eigenvalue weighted by Gasteiger charge is 2.36. The number of nitrogens with two attached hydrogens (primary N) is 1. The van der Waals surface area contributed by atoms with Crippen LogP contribution in [0.15, 0.2) is 30.3 Å². The van der Waals surface area contributed by atoms with Crippen molar-refractivity contribution in [3.8, 4) is 0 Å². The van der Waals surface area contributed by atoms with Gasteiger partial charge in [-0.15, -0.1) is 0 Å². The molecule has 0 bridgehead atoms. The van der Waals surface area contributed by atoms with E-state index >= 15 is 0 Å². The van der Waals surface area contributed by atoms with Gasteiger partial charge in [0.25, 0.3) is 0 Å². The number of anilines is 1. The fraction of sp³-hybridized carbons (Fsp3) is 0.529. The Morgan fingerprint density at radius 1 is 1.17 bits per heavy atom. The van der Waals surface area contributed by atoms with Gasteiger partial charge in [0.1, 0.15) is 0 Å². The van der Waals surface area contributed by atoms with E-state index in [4.69, 9.17) is 19.0 Å². The van der Waals surface area contributed by atoms with E-state index in [0.29, 0.717) is 0 Å². The smallest absolute Gasteiger partial charge is 0.399 e. The normalized spacial score (nSPS) is 12.4. The molecule has 2 N–H and O–H groups in total. The van der Waals surface area contributed by atoms with Crippen LogP contribution in [0.5, 0.6) is 0 Å². The fourth-order valence-electron chi connectivity index (χ4n) is 2.45. The van der Waals surface area contributed by atoms with Gasteiger partial charge in [0, 0.05) is 39.6 Å². The topological polar surface area (TPSA) is 57.0 Å². The van der Waals surface area contributed by atoms with Gasteiger partial charge < -0.3 is 19.0 Å². The first-order valence-corrected chi connectivity index (χ1v) is 9.92. The van der Waals surface area contributed by atoms with Gasteiger partial charge in [0.15, 0.2) is 0 Å². The van der Waals surface area contributed by atoms with Gasteiger partial charge >= 0.3 is 8.80 Å². The Balaban J connectivity index is 2.42. The van der Waals surface area contributed by atoms with E-state index in [9.17, 15) is 0 Å². The maximum Gasteiger partial charge on any atom is 0.500 e. The molecule has 0 saturated heterocycles. The van der Waals surface area contributed by atoms with Crippen LogP contribution in [0.2, 0.25) is 6.04 Å². The number of rotatable bonds is 11. The Kier molecular flexibility index (Phi) is 9.12. The van der Waals surface area contributed by atoms with E-state index in [-0.39, 0.29) is 0 Å². The average Bonchev–Trinajstić information content (AvgIpc) is 2.58. The van der Waals surface area contributed by atoms with Crippen LogP contribution in [-0.4, -0.2) is 54.7 Å². The van der Waals surface area contributed by atoms with Crippen LogP contribution in [-0.2, 0) is 13.3 Å². The Hall–Kier alpha value is -1.18. The van der Waals surface area contributed by atoms with Gasteiger partial charge in [-0.05, 0) is 37.2 Å². The SMILES string of the molecule is CCN(CC=Cc1cccc(N)c1)CCC[Si](OC)(OC)OC. The molecule has 0 heterocycles. The minimum atomic E-state index is -2.45. The molecule has 1 aromatic rings. The van der Waals surface area contributed by atoms with Crippen LogP contribution < -0.4 is 5.73 Å². The van der Waals surface area contributed by atoms with E-state index in [0.717, 1.165) is 43.4 Å². The second-order valence-corrected chi connectivity index (χ2v) is 8.46. The third kappa shape index (κ3) is 6.84. The standard InChI is InChI=1S/C17H30N2O3Si/c1-5-19(13-8-14-23(20-2,21-3)22-4)12-7-10-16-9-6-11-17(18)15-16/h6-7,9-11,15H,5,8,12-14,18H2,1-4H3. The molecule has 0 unspecified atom stereocenters.